The molecule has 0 spiro atoms. The van der Waals surface area contributed by atoms with Crippen molar-refractivity contribution in [1.29, 1.82) is 0 Å². The highest BCUT2D eigenvalue weighted by atomic mass is 32.3. The summed E-state index contributed by atoms with van der Waals surface area (Å²) in [6.07, 6.45) is 0. The van der Waals surface area contributed by atoms with Crippen LogP contribution in [0, 0.1) is 17.6 Å². The third kappa shape index (κ3) is 3.65. The van der Waals surface area contributed by atoms with Crippen LogP contribution in [0.15, 0.2) is 24.3 Å². The molecule has 0 saturated carbocycles. The lowest BCUT2D eigenvalue weighted by Crippen LogP contribution is -2.36. The number of benzene rings is 1. The molecule has 0 aliphatic rings. The van der Waals surface area contributed by atoms with E-state index in [1.165, 1.54) is 19.2 Å². The fourth-order valence-corrected chi connectivity index (χ4v) is 1.41. The van der Waals surface area contributed by atoms with Gasteiger partial charge in [-0.2, -0.15) is 8.96 Å². The second-order valence-electron chi connectivity index (χ2n) is 3.57. The standard InChI is InChI=1S/C10H7F3N.CH4O4S/c1-14-7-5-3-2-4-6(7)8(11)9(12)10(14)13;1-5-6(2,3)4/h2-5H,1H3;1H3,(H,2,3,4)/q+1;/p-1. The van der Waals surface area contributed by atoms with Crippen LogP contribution in [0.3, 0.4) is 0 Å². The first-order valence-corrected chi connectivity index (χ1v) is 6.45. The van der Waals surface area contributed by atoms with E-state index in [1.54, 1.807) is 12.1 Å². The summed E-state index contributed by atoms with van der Waals surface area (Å²) in [7, 11) is -2.26. The first-order chi connectivity index (χ1) is 9.19. The minimum Gasteiger partial charge on any atom is -0.726 e. The van der Waals surface area contributed by atoms with Crippen molar-refractivity contribution in [3.05, 3.63) is 41.8 Å². The van der Waals surface area contributed by atoms with Gasteiger partial charge in [-0.05, 0) is 6.07 Å². The van der Waals surface area contributed by atoms with Crippen molar-refractivity contribution in [2.24, 2.45) is 7.05 Å². The second kappa shape index (κ2) is 6.16. The van der Waals surface area contributed by atoms with Gasteiger partial charge in [-0.3, -0.25) is 4.18 Å². The molecule has 2 aromatic rings. The van der Waals surface area contributed by atoms with Gasteiger partial charge >= 0.3 is 5.95 Å². The SMILES string of the molecule is COS(=O)(=O)[O-].C[n+]1c(F)c(F)c(F)c2ccccc21. The monoisotopic (exact) mass is 309 g/mol. The number of halogens is 3. The molecule has 0 aliphatic carbocycles. The van der Waals surface area contributed by atoms with Gasteiger partial charge in [-0.1, -0.05) is 12.1 Å². The highest BCUT2D eigenvalue weighted by molar-refractivity contribution is 7.80. The Morgan fingerprint density at radius 2 is 1.65 bits per heavy atom. The zero-order chi connectivity index (χ0) is 15.5. The van der Waals surface area contributed by atoms with E-state index in [0.717, 1.165) is 11.7 Å². The summed E-state index contributed by atoms with van der Waals surface area (Å²) in [4.78, 5) is 0. The molecular formula is C11H10F3NO4S. The highest BCUT2D eigenvalue weighted by Gasteiger charge is 2.23. The minimum absolute atomic E-state index is 0.0777. The second-order valence-corrected chi connectivity index (χ2v) is 4.72. The number of hydrogen-bond acceptors (Lipinski definition) is 4. The van der Waals surface area contributed by atoms with E-state index in [1.807, 2.05) is 0 Å². The van der Waals surface area contributed by atoms with Crippen molar-refractivity contribution in [3.8, 4) is 0 Å². The zero-order valence-corrected chi connectivity index (χ0v) is 11.2. The first kappa shape index (κ1) is 16.3. The minimum atomic E-state index is -4.41. The number of rotatable bonds is 1. The van der Waals surface area contributed by atoms with Crippen LogP contribution >= 0.6 is 0 Å². The maximum absolute atomic E-state index is 13.2. The molecule has 1 aromatic heterocycles. The number of pyridine rings is 1. The Hall–Kier alpha value is -1.71. The molecule has 0 saturated heterocycles. The molecule has 0 N–H and O–H groups in total. The zero-order valence-electron chi connectivity index (χ0n) is 10.4. The lowest BCUT2D eigenvalue weighted by Gasteiger charge is -1.99. The Bertz CT molecular complexity index is 688. The molecule has 0 amide bonds. The topological polar surface area (TPSA) is 70.3 Å². The summed E-state index contributed by atoms with van der Waals surface area (Å²) >= 11 is 0. The van der Waals surface area contributed by atoms with Crippen LogP contribution in [0.5, 0.6) is 0 Å². The predicted molar refractivity (Wildman–Crippen MR) is 61.7 cm³/mol. The lowest BCUT2D eigenvalue weighted by atomic mass is 10.2. The molecule has 0 bridgehead atoms. The summed E-state index contributed by atoms with van der Waals surface area (Å²) in [5, 5.41) is 0.0777. The average molecular weight is 309 g/mol. The van der Waals surface area contributed by atoms with Crippen molar-refractivity contribution >= 4 is 21.3 Å². The Kier molecular flexibility index (Phi) is 5.03. The molecule has 2 rings (SSSR count). The number of aromatic nitrogens is 1. The first-order valence-electron chi connectivity index (χ1n) is 5.11. The van der Waals surface area contributed by atoms with Gasteiger partial charge in [0, 0.05) is 6.07 Å². The summed E-state index contributed by atoms with van der Waals surface area (Å²) in [5.41, 5.74) is 0.323. The van der Waals surface area contributed by atoms with Crippen molar-refractivity contribution in [2.45, 2.75) is 0 Å². The van der Waals surface area contributed by atoms with Crippen LogP contribution in [0.25, 0.3) is 10.9 Å². The number of aryl methyl sites for hydroxylation is 1. The fraction of sp³-hybridized carbons (Fsp3) is 0.182. The summed E-state index contributed by atoms with van der Waals surface area (Å²) in [6, 6.07) is 6.15. The number of hydrogen-bond donors (Lipinski definition) is 0. The Morgan fingerprint density at radius 3 is 2.15 bits per heavy atom. The van der Waals surface area contributed by atoms with Gasteiger partial charge in [0.1, 0.15) is 7.05 Å². The van der Waals surface area contributed by atoms with Gasteiger partial charge in [0.15, 0.2) is 5.82 Å². The van der Waals surface area contributed by atoms with Crippen molar-refractivity contribution < 1.29 is 34.9 Å². The number of nitrogens with zero attached hydrogens (tertiary/aromatic N) is 1. The molecule has 20 heavy (non-hydrogen) atoms. The maximum atomic E-state index is 13.2. The number of para-hydroxylation sites is 1. The summed E-state index contributed by atoms with van der Waals surface area (Å²) < 4.78 is 71.2. The van der Waals surface area contributed by atoms with Crippen molar-refractivity contribution in [3.63, 3.8) is 0 Å². The van der Waals surface area contributed by atoms with Crippen LogP contribution in [0.1, 0.15) is 0 Å². The molecule has 0 fully saturated rings. The van der Waals surface area contributed by atoms with Gasteiger partial charge < -0.3 is 4.55 Å². The summed E-state index contributed by atoms with van der Waals surface area (Å²) in [5.74, 6) is -3.77. The van der Waals surface area contributed by atoms with Crippen LogP contribution in [0.4, 0.5) is 13.2 Å². The van der Waals surface area contributed by atoms with Crippen LogP contribution in [0.2, 0.25) is 0 Å². The molecule has 9 heteroatoms. The van der Waals surface area contributed by atoms with E-state index in [2.05, 4.69) is 4.18 Å². The van der Waals surface area contributed by atoms with Crippen LogP contribution in [-0.2, 0) is 21.6 Å². The largest absolute Gasteiger partial charge is 0.726 e. The normalized spacial score (nSPS) is 11.1. The van der Waals surface area contributed by atoms with Crippen molar-refractivity contribution in [1.82, 2.24) is 0 Å². The molecule has 0 radical (unpaired) electrons. The van der Waals surface area contributed by atoms with Crippen molar-refractivity contribution in [2.75, 3.05) is 7.11 Å². The highest BCUT2D eigenvalue weighted by Crippen LogP contribution is 2.17. The predicted octanol–water partition coefficient (Wildman–Crippen LogP) is 1.17. The van der Waals surface area contributed by atoms with E-state index in [-0.39, 0.29) is 5.39 Å². The summed E-state index contributed by atoms with van der Waals surface area (Å²) in [6.45, 7) is 0. The molecule has 1 heterocycles. The van der Waals surface area contributed by atoms with E-state index in [0.29, 0.717) is 5.52 Å². The van der Waals surface area contributed by atoms with Gasteiger partial charge in [-0.15, -0.1) is 4.39 Å². The Labute approximate surface area is 113 Å². The molecule has 110 valence electrons. The lowest BCUT2D eigenvalue weighted by molar-refractivity contribution is -0.676. The van der Waals surface area contributed by atoms with E-state index in [4.69, 9.17) is 0 Å². The smallest absolute Gasteiger partial charge is 0.399 e. The maximum Gasteiger partial charge on any atom is 0.399 e. The average Bonchev–Trinajstić information content (AvgIpc) is 2.42. The van der Waals surface area contributed by atoms with Crippen LogP contribution < -0.4 is 4.57 Å². The third-order valence-electron chi connectivity index (χ3n) is 2.37. The fourth-order valence-electron chi connectivity index (χ4n) is 1.41. The Morgan fingerprint density at radius 1 is 1.15 bits per heavy atom. The molecule has 0 atom stereocenters. The van der Waals surface area contributed by atoms with Gasteiger partial charge in [0.05, 0.1) is 12.5 Å². The quantitative estimate of drug-likeness (QED) is 0.343. The number of fused-ring (bicyclic) bond motifs is 1. The van der Waals surface area contributed by atoms with Gasteiger partial charge in [-0.25, -0.2) is 12.8 Å². The molecule has 5 nitrogen and oxygen atoms in total. The molecular weight excluding hydrogens is 299 g/mol. The van der Waals surface area contributed by atoms with Gasteiger partial charge in [0.2, 0.25) is 15.9 Å². The molecule has 0 aliphatic heterocycles. The Balaban J connectivity index is 0.000000286. The van der Waals surface area contributed by atoms with E-state index < -0.39 is 28.0 Å². The molecule has 0 unspecified atom stereocenters. The van der Waals surface area contributed by atoms with Gasteiger partial charge in [0.25, 0.3) is 5.82 Å². The van der Waals surface area contributed by atoms with E-state index >= 15 is 0 Å². The third-order valence-corrected chi connectivity index (χ3v) is 2.78. The van der Waals surface area contributed by atoms with E-state index in [9.17, 15) is 26.1 Å². The molecule has 1 aromatic carbocycles. The van der Waals surface area contributed by atoms with Crippen LogP contribution in [-0.4, -0.2) is 20.1 Å².